The summed E-state index contributed by atoms with van der Waals surface area (Å²) in [5.74, 6) is -0.426. The van der Waals surface area contributed by atoms with E-state index in [4.69, 9.17) is 5.73 Å². The largest absolute Gasteiger partial charge is 0.393 e. The summed E-state index contributed by atoms with van der Waals surface area (Å²) in [5.41, 5.74) is 11.4. The number of hydrogen-bond acceptors (Lipinski definition) is 3. The van der Waals surface area contributed by atoms with Crippen LogP contribution in [0.15, 0.2) is 36.4 Å². The number of carbonyl (C=O) groups excluding carboxylic acids is 1. The zero-order valence-electron chi connectivity index (χ0n) is 14.9. The number of aliphatic hydroxyl groups excluding tert-OH is 1. The van der Waals surface area contributed by atoms with Crippen LogP contribution in [0.1, 0.15) is 47.2 Å². The number of hydrogen-bond donors (Lipinski definition) is 3. The number of aliphatic hydroxyl groups is 1. The molecule has 2 aromatic rings. The molecule has 4 heteroatoms. The maximum Gasteiger partial charge on any atom is 0.250 e. The van der Waals surface area contributed by atoms with Crippen LogP contribution >= 0.6 is 0 Å². The van der Waals surface area contributed by atoms with Gasteiger partial charge in [0.2, 0.25) is 0 Å². The molecule has 0 radical (unpaired) electrons. The Labute approximate surface area is 149 Å². The highest BCUT2D eigenvalue weighted by Gasteiger charge is 2.21. The van der Waals surface area contributed by atoms with Gasteiger partial charge in [0, 0.05) is 11.7 Å². The number of anilines is 1. The first-order chi connectivity index (χ1) is 11.9. The molecule has 0 bridgehead atoms. The van der Waals surface area contributed by atoms with Crippen LogP contribution in [-0.2, 0) is 0 Å². The molecule has 0 spiro atoms. The highest BCUT2D eigenvalue weighted by Crippen LogP contribution is 2.29. The molecular weight excluding hydrogens is 312 g/mol. The van der Waals surface area contributed by atoms with Crippen molar-refractivity contribution in [2.45, 2.75) is 51.7 Å². The number of rotatable bonds is 4. The van der Waals surface area contributed by atoms with Gasteiger partial charge in [-0.1, -0.05) is 35.4 Å². The van der Waals surface area contributed by atoms with Crippen LogP contribution in [0.5, 0.6) is 0 Å². The predicted molar refractivity (Wildman–Crippen MR) is 102 cm³/mol. The Hall–Kier alpha value is -2.33. The Morgan fingerprint density at radius 3 is 2.24 bits per heavy atom. The molecule has 0 unspecified atom stereocenters. The molecule has 1 amide bonds. The van der Waals surface area contributed by atoms with Crippen LogP contribution in [0.2, 0.25) is 0 Å². The molecule has 3 rings (SSSR count). The molecule has 25 heavy (non-hydrogen) atoms. The van der Waals surface area contributed by atoms with Gasteiger partial charge in [-0.15, -0.1) is 0 Å². The van der Waals surface area contributed by atoms with E-state index in [1.165, 1.54) is 11.1 Å². The minimum absolute atomic E-state index is 0.194. The molecule has 1 fully saturated rings. The van der Waals surface area contributed by atoms with Crippen LogP contribution in [0.25, 0.3) is 11.1 Å². The van der Waals surface area contributed by atoms with Gasteiger partial charge in [0.15, 0.2) is 0 Å². The van der Waals surface area contributed by atoms with Gasteiger partial charge < -0.3 is 16.2 Å². The standard InChI is InChI=1S/C21H26N2O2/c1-13-9-14(2)11-16(10-13)15-3-8-20(19(12-15)21(22)25)23-17-4-6-18(24)7-5-17/h3,8-12,17-18,23-24H,4-7H2,1-2H3,(H2,22,25)/t17-,18-. The first-order valence-electron chi connectivity index (χ1n) is 8.89. The van der Waals surface area contributed by atoms with Crippen molar-refractivity contribution in [3.05, 3.63) is 53.1 Å². The Morgan fingerprint density at radius 1 is 1.00 bits per heavy atom. The second-order valence-electron chi connectivity index (χ2n) is 7.15. The number of benzene rings is 2. The lowest BCUT2D eigenvalue weighted by atomic mass is 9.92. The zero-order valence-corrected chi connectivity index (χ0v) is 14.9. The second-order valence-corrected chi connectivity index (χ2v) is 7.15. The molecule has 0 aromatic heterocycles. The van der Waals surface area contributed by atoms with Gasteiger partial charge in [0.05, 0.1) is 11.7 Å². The van der Waals surface area contributed by atoms with Crippen LogP contribution in [0.4, 0.5) is 5.69 Å². The molecule has 0 aliphatic heterocycles. The van der Waals surface area contributed by atoms with E-state index in [2.05, 4.69) is 37.4 Å². The fraction of sp³-hybridized carbons (Fsp3) is 0.381. The van der Waals surface area contributed by atoms with Crippen LogP contribution in [0, 0.1) is 13.8 Å². The van der Waals surface area contributed by atoms with Gasteiger partial charge in [0.25, 0.3) is 5.91 Å². The van der Waals surface area contributed by atoms with Crippen LogP contribution in [-0.4, -0.2) is 23.2 Å². The van der Waals surface area contributed by atoms with Crippen molar-refractivity contribution in [2.24, 2.45) is 5.73 Å². The van der Waals surface area contributed by atoms with Gasteiger partial charge in [-0.05, 0) is 62.8 Å². The topological polar surface area (TPSA) is 75.3 Å². The molecule has 4 nitrogen and oxygen atoms in total. The third kappa shape index (κ3) is 4.20. The van der Waals surface area contributed by atoms with E-state index in [0.717, 1.165) is 42.5 Å². The third-order valence-corrected chi connectivity index (χ3v) is 4.90. The number of aryl methyl sites for hydroxylation is 2. The third-order valence-electron chi connectivity index (χ3n) is 4.90. The first kappa shape index (κ1) is 17.5. The van der Waals surface area contributed by atoms with E-state index >= 15 is 0 Å². The fourth-order valence-corrected chi connectivity index (χ4v) is 3.63. The highest BCUT2D eigenvalue weighted by atomic mass is 16.3. The smallest absolute Gasteiger partial charge is 0.250 e. The molecule has 1 saturated carbocycles. The minimum atomic E-state index is -0.426. The van der Waals surface area contributed by atoms with Crippen molar-refractivity contribution < 1.29 is 9.90 Å². The number of nitrogens with one attached hydrogen (secondary N) is 1. The lowest BCUT2D eigenvalue weighted by molar-refractivity contribution is 0.100. The Bertz CT molecular complexity index is 757. The van der Waals surface area contributed by atoms with E-state index < -0.39 is 5.91 Å². The highest BCUT2D eigenvalue weighted by molar-refractivity contribution is 6.00. The molecule has 0 heterocycles. The summed E-state index contributed by atoms with van der Waals surface area (Å²) < 4.78 is 0. The lowest BCUT2D eigenvalue weighted by Gasteiger charge is -2.27. The summed E-state index contributed by atoms with van der Waals surface area (Å²) >= 11 is 0. The Kier molecular flexibility index (Phi) is 5.09. The molecule has 0 saturated heterocycles. The molecule has 2 aromatic carbocycles. The summed E-state index contributed by atoms with van der Waals surface area (Å²) in [7, 11) is 0. The van der Waals surface area contributed by atoms with Crippen molar-refractivity contribution >= 4 is 11.6 Å². The summed E-state index contributed by atoms with van der Waals surface area (Å²) in [4.78, 5) is 12.0. The maximum absolute atomic E-state index is 12.0. The van der Waals surface area contributed by atoms with Crippen molar-refractivity contribution in [1.82, 2.24) is 0 Å². The van der Waals surface area contributed by atoms with Gasteiger partial charge in [-0.2, -0.15) is 0 Å². The Balaban J connectivity index is 1.89. The number of primary amides is 1. The summed E-state index contributed by atoms with van der Waals surface area (Å²) in [6.45, 7) is 4.14. The van der Waals surface area contributed by atoms with Crippen LogP contribution < -0.4 is 11.1 Å². The summed E-state index contributed by atoms with van der Waals surface area (Å²) in [6.07, 6.45) is 3.20. The average molecular weight is 338 g/mol. The SMILES string of the molecule is Cc1cc(C)cc(-c2ccc(N[C@H]3CC[C@H](O)CC3)c(C(N)=O)c2)c1. The predicted octanol–water partition coefficient (Wildman–Crippen LogP) is 3.78. The molecule has 4 N–H and O–H groups in total. The number of amides is 1. The molecule has 132 valence electrons. The molecule has 1 aliphatic rings. The fourth-order valence-electron chi connectivity index (χ4n) is 3.63. The number of carbonyl (C=O) groups is 1. The minimum Gasteiger partial charge on any atom is -0.393 e. The van der Waals surface area contributed by atoms with E-state index in [-0.39, 0.29) is 12.1 Å². The summed E-state index contributed by atoms with van der Waals surface area (Å²) in [6, 6.07) is 12.5. The van der Waals surface area contributed by atoms with Crippen LogP contribution in [0.3, 0.4) is 0 Å². The van der Waals surface area contributed by atoms with Gasteiger partial charge in [-0.3, -0.25) is 4.79 Å². The maximum atomic E-state index is 12.0. The van der Waals surface area contributed by atoms with E-state index in [0.29, 0.717) is 5.56 Å². The Morgan fingerprint density at radius 2 is 1.64 bits per heavy atom. The lowest BCUT2D eigenvalue weighted by Crippen LogP contribution is -2.29. The van der Waals surface area contributed by atoms with Crippen molar-refractivity contribution in [2.75, 3.05) is 5.32 Å². The van der Waals surface area contributed by atoms with Crippen molar-refractivity contribution in [3.63, 3.8) is 0 Å². The van der Waals surface area contributed by atoms with E-state index in [1.54, 1.807) is 0 Å². The second kappa shape index (κ2) is 7.28. The normalized spacial score (nSPS) is 20.3. The number of nitrogens with two attached hydrogens (primary N) is 1. The monoisotopic (exact) mass is 338 g/mol. The molecule has 1 aliphatic carbocycles. The molecule has 0 atom stereocenters. The average Bonchev–Trinajstić information content (AvgIpc) is 2.56. The van der Waals surface area contributed by atoms with Crippen molar-refractivity contribution in [3.8, 4) is 11.1 Å². The van der Waals surface area contributed by atoms with E-state index in [9.17, 15) is 9.90 Å². The first-order valence-corrected chi connectivity index (χ1v) is 8.89. The summed E-state index contributed by atoms with van der Waals surface area (Å²) in [5, 5.41) is 13.1. The van der Waals surface area contributed by atoms with Gasteiger partial charge in [-0.25, -0.2) is 0 Å². The zero-order chi connectivity index (χ0) is 18.0. The van der Waals surface area contributed by atoms with Gasteiger partial charge >= 0.3 is 0 Å². The molecular formula is C21H26N2O2. The quantitative estimate of drug-likeness (QED) is 0.794. The van der Waals surface area contributed by atoms with E-state index in [1.807, 2.05) is 18.2 Å². The van der Waals surface area contributed by atoms with Crippen molar-refractivity contribution in [1.29, 1.82) is 0 Å². The van der Waals surface area contributed by atoms with Gasteiger partial charge in [0.1, 0.15) is 0 Å².